The van der Waals surface area contributed by atoms with Crippen molar-refractivity contribution in [3.63, 3.8) is 0 Å². The van der Waals surface area contributed by atoms with Crippen LogP contribution in [0.5, 0.6) is 0 Å². The van der Waals surface area contributed by atoms with Crippen LogP contribution in [-0.4, -0.2) is 132 Å². The number of unbranched alkanes of at least 4 members (excludes halogenated alkanes) is 56. The van der Waals surface area contributed by atoms with Gasteiger partial charge in [0, 0.05) is 65.0 Å². The average molecular weight is 2080 g/mol. The fraction of sp³-hybridized carbons (Fsp3) is 0.659. The first kappa shape index (κ1) is 129. The number of carbonyl (C=O) groups excluding carboxylic acids is 8. The van der Waals surface area contributed by atoms with E-state index in [1.165, 1.54) is 339 Å². The molecule has 0 saturated carbocycles. The Morgan fingerprint density at radius 3 is 0.635 bits per heavy atom. The third-order valence-electron chi connectivity index (χ3n) is 29.8. The molecule has 826 valence electrons. The number of carbonyl (C=O) groups is 8. The van der Waals surface area contributed by atoms with E-state index in [1.807, 2.05) is 0 Å². The van der Waals surface area contributed by atoms with E-state index in [1.54, 1.807) is 0 Å². The number of nitrogens with zero attached hydrogens (tertiary/aromatic N) is 4. The van der Waals surface area contributed by atoms with Gasteiger partial charge in [0.1, 0.15) is 46.4 Å². The second kappa shape index (κ2) is 87.3. The molecule has 0 aromatic heterocycles. The molecule has 0 saturated heterocycles. The summed E-state index contributed by atoms with van der Waals surface area (Å²) >= 11 is 0. The molecule has 17 nitrogen and oxygen atoms in total. The quantitative estimate of drug-likeness (QED) is 0.0208. The molecule has 0 spiro atoms. The van der Waals surface area contributed by atoms with Crippen molar-refractivity contribution in [3.05, 3.63) is 182 Å². The molecule has 6 aromatic carbocycles. The highest BCUT2D eigenvalue weighted by Gasteiger charge is 2.46. The van der Waals surface area contributed by atoms with Crippen LogP contribution in [0.1, 0.15) is 484 Å². The van der Waals surface area contributed by atoms with E-state index in [0.29, 0.717) is 70.9 Å². The summed E-state index contributed by atoms with van der Waals surface area (Å²) in [4.78, 5) is 127. The molecule has 0 atom stereocenters. The maximum absolute atomic E-state index is 14.3. The summed E-state index contributed by atoms with van der Waals surface area (Å²) in [5.74, 6) is -3.03. The third-order valence-corrected chi connectivity index (χ3v) is 38.9. The summed E-state index contributed by atoms with van der Waals surface area (Å²) < 4.78 is 0. The van der Waals surface area contributed by atoms with Crippen LogP contribution in [0.2, 0.25) is 0 Å². The molecule has 0 heterocycles. The molecule has 6 aromatic rings. The van der Waals surface area contributed by atoms with Crippen molar-refractivity contribution in [1.82, 2.24) is 30.7 Å². The Kier molecular flexibility index (Phi) is 75.9. The summed E-state index contributed by atoms with van der Waals surface area (Å²) in [5, 5.41) is 18.2. The van der Waals surface area contributed by atoms with E-state index in [4.69, 9.17) is 14.5 Å². The van der Waals surface area contributed by atoms with Crippen LogP contribution in [-0.2, 0) is 52.9 Å². The van der Waals surface area contributed by atoms with Gasteiger partial charge in [-0.05, 0) is 202 Å². The topological polar surface area (TPSA) is 201 Å². The van der Waals surface area contributed by atoms with Crippen LogP contribution >= 0.6 is 14.5 Å². The van der Waals surface area contributed by atoms with Crippen molar-refractivity contribution in [3.8, 4) is 0 Å². The number of hydroxylamine groups is 6. The van der Waals surface area contributed by atoms with Crippen molar-refractivity contribution >= 4 is 93.8 Å². The fourth-order valence-electron chi connectivity index (χ4n) is 20.9. The van der Waals surface area contributed by atoms with Crippen molar-refractivity contribution in [1.29, 1.82) is 0 Å². The highest BCUT2D eigenvalue weighted by atomic mass is 31.2. The lowest BCUT2D eigenvalue weighted by atomic mass is 10.0. The lowest BCUT2D eigenvalue weighted by molar-refractivity contribution is -0.199. The van der Waals surface area contributed by atoms with E-state index < -0.39 is 38.3 Å². The molecule has 0 aliphatic heterocycles. The van der Waals surface area contributed by atoms with E-state index in [0.717, 1.165) is 100 Å². The van der Waals surface area contributed by atoms with E-state index in [9.17, 15) is 38.4 Å². The van der Waals surface area contributed by atoms with Gasteiger partial charge in [0.2, 0.25) is 11.8 Å². The van der Waals surface area contributed by atoms with Gasteiger partial charge in [0.15, 0.2) is 0 Å². The second-order valence-electron chi connectivity index (χ2n) is 42.4. The zero-order valence-electron chi connectivity index (χ0n) is 93.8. The molecule has 5 amide bonds. The second-order valence-corrected chi connectivity index (χ2v) is 49.7. The molecule has 19 heteroatoms. The first-order valence-electron chi connectivity index (χ1n) is 60.6. The Hall–Kier alpha value is -8.10. The summed E-state index contributed by atoms with van der Waals surface area (Å²) in [5.41, 5.74) is 0. The SMILES string of the molecule is CCCCCCCCCCCCCCCC(=O)ON(CCCCCNC(=O)CCC(=O)N(CCCCCNC(=O)CCC(=O)N(CCCCCN(CCCCCCCCCC[P+](c1ccccc1)(c1ccccc1)c1ccccc1)CCCCCCCCCC[P+](c1ccccc1)(c1ccccc1)c1ccccc1)OC(=O)CCCCCCCCCCCCCCC)OC(=O)CCCCCCCCCCCCCCC)C(C)=O. The van der Waals surface area contributed by atoms with Gasteiger partial charge in [-0.1, -0.05) is 432 Å². The molecule has 0 aliphatic carbocycles. The summed E-state index contributed by atoms with van der Waals surface area (Å²) in [6, 6.07) is 67.8. The van der Waals surface area contributed by atoms with E-state index >= 15 is 0 Å². The number of amides is 5. The first-order valence-corrected chi connectivity index (χ1v) is 64.6. The summed E-state index contributed by atoms with van der Waals surface area (Å²) in [6.07, 6.45) is 75.0. The molecule has 0 unspecified atom stereocenters. The fourth-order valence-corrected chi connectivity index (χ4v) is 29.7. The zero-order valence-corrected chi connectivity index (χ0v) is 95.6. The zero-order chi connectivity index (χ0) is 105. The molecule has 148 heavy (non-hydrogen) atoms. The molecular formula is C129H206N6O11P2+2. The number of nitrogens with one attached hydrogen (secondary N) is 2. The predicted octanol–water partition coefficient (Wildman–Crippen LogP) is 31.1. The Balaban J connectivity index is 0.981. The Bertz CT molecular complexity index is 3930. The average Bonchev–Trinajstić information content (AvgIpc) is 0.761. The lowest BCUT2D eigenvalue weighted by Crippen LogP contribution is -2.36. The number of hydrogen-bond donors (Lipinski definition) is 2. The monoisotopic (exact) mass is 2080 g/mol. The summed E-state index contributed by atoms with van der Waals surface area (Å²) in [6.45, 7) is 12.7. The molecule has 2 N–H and O–H groups in total. The van der Waals surface area contributed by atoms with E-state index in [-0.39, 0.29) is 88.2 Å². The molecule has 0 aliphatic rings. The van der Waals surface area contributed by atoms with Crippen LogP contribution in [0.25, 0.3) is 0 Å². The van der Waals surface area contributed by atoms with Gasteiger partial charge < -0.3 is 30.0 Å². The van der Waals surface area contributed by atoms with Crippen molar-refractivity contribution in [2.75, 3.05) is 64.7 Å². The molecule has 0 bridgehead atoms. The predicted molar refractivity (Wildman–Crippen MR) is 626 cm³/mol. The molecule has 0 fully saturated rings. The van der Waals surface area contributed by atoms with Crippen LogP contribution in [0.3, 0.4) is 0 Å². The van der Waals surface area contributed by atoms with Crippen molar-refractivity contribution < 1.29 is 52.9 Å². The largest absolute Gasteiger partial charge is 0.356 e. The number of rotatable bonds is 94. The highest BCUT2D eigenvalue weighted by molar-refractivity contribution is 7.96. The van der Waals surface area contributed by atoms with Gasteiger partial charge in [-0.2, -0.15) is 15.2 Å². The summed E-state index contributed by atoms with van der Waals surface area (Å²) in [7, 11) is -3.67. The Labute approximate surface area is 901 Å². The van der Waals surface area contributed by atoms with Crippen LogP contribution < -0.4 is 42.5 Å². The Morgan fingerprint density at radius 2 is 0.399 bits per heavy atom. The van der Waals surface area contributed by atoms with Crippen molar-refractivity contribution in [2.24, 2.45) is 0 Å². The van der Waals surface area contributed by atoms with Crippen LogP contribution in [0.15, 0.2) is 182 Å². The normalized spacial score (nSPS) is 11.5. The number of hydrogen-bond acceptors (Lipinski definition) is 12. The van der Waals surface area contributed by atoms with Gasteiger partial charge in [0.25, 0.3) is 17.7 Å². The van der Waals surface area contributed by atoms with Crippen LogP contribution in [0, 0.1) is 0 Å². The Morgan fingerprint density at radius 1 is 0.209 bits per heavy atom. The third kappa shape index (κ3) is 59.2. The minimum Gasteiger partial charge on any atom is -0.356 e. The number of benzene rings is 6. The highest BCUT2D eigenvalue weighted by Crippen LogP contribution is 2.57. The molecule has 6 rings (SSSR count). The minimum atomic E-state index is -1.83. The minimum absolute atomic E-state index is 0.0633. The van der Waals surface area contributed by atoms with Gasteiger partial charge in [-0.25, -0.2) is 14.4 Å². The van der Waals surface area contributed by atoms with Gasteiger partial charge in [0.05, 0.1) is 32.0 Å². The molecule has 0 radical (unpaired) electrons. The van der Waals surface area contributed by atoms with Gasteiger partial charge >= 0.3 is 17.9 Å². The lowest BCUT2D eigenvalue weighted by Gasteiger charge is -2.27. The molecular weight excluding hydrogens is 1870 g/mol. The smallest absolute Gasteiger partial charge is 0.332 e. The standard InChI is InChI=1S/C129H204N6O11P2/c1-5-8-11-14-17-20-23-26-29-32-39-46-74-99-127(141)144-133(116(4)136)111-82-59-77-106-130-123(137)102-104-125(139)134(145-128(142)100-75-47-40-33-30-27-24-21-18-15-12-9-6-2)112-83-60-78-107-131-124(138)103-105-126(140)135(146-129(143)101-76-48-41-34-31-28-25-22-19-16-13-10-7-3)113-84-61-81-110-132(108-79-49-42-35-37-44-51-85-114-147(117-87-62-53-63-88-117,118-89-64-54-65-90-118)119-91-66-55-67-92-119)109-80-50-43-36-38-45-52-86-115-148(120-93-68-56-69-94-120,121-95-70-57-71-96-121)122-97-72-58-73-98-122/h53-58,62-73,87-98H,5-52,59-61,74-86,99-115H2,1-4H3/p+2. The maximum Gasteiger partial charge on any atom is 0.332 e. The van der Waals surface area contributed by atoms with Crippen LogP contribution in [0.4, 0.5) is 0 Å². The first-order chi connectivity index (χ1) is 72.7. The van der Waals surface area contributed by atoms with E-state index in [2.05, 4.69) is 218 Å². The van der Waals surface area contributed by atoms with Crippen molar-refractivity contribution in [2.45, 2.75) is 484 Å². The maximum atomic E-state index is 14.3. The van der Waals surface area contributed by atoms with Gasteiger partial charge in [-0.15, -0.1) is 0 Å². The van der Waals surface area contributed by atoms with Gasteiger partial charge in [-0.3, -0.25) is 24.0 Å².